The third-order valence-corrected chi connectivity index (χ3v) is 4.17. The van der Waals surface area contributed by atoms with Crippen LogP contribution in [0.25, 0.3) is 0 Å². The second-order valence-electron chi connectivity index (χ2n) is 5.31. The van der Waals surface area contributed by atoms with E-state index in [-0.39, 0.29) is 0 Å². The standard InChI is InChI=1S/C16H27N3O/c1-4-14(13-17-2)18-9-11-19(12-10-18)15-7-5-6-8-16(15)20-3/h5-8,14,17H,4,9-13H2,1-3H3. The Morgan fingerprint density at radius 3 is 2.50 bits per heavy atom. The Kier molecular flexibility index (Phi) is 5.68. The molecule has 0 spiro atoms. The van der Waals surface area contributed by atoms with Crippen LogP contribution in [0.15, 0.2) is 24.3 Å². The number of rotatable bonds is 6. The topological polar surface area (TPSA) is 27.7 Å². The largest absolute Gasteiger partial charge is 0.495 e. The van der Waals surface area contributed by atoms with Crippen molar-refractivity contribution in [3.63, 3.8) is 0 Å². The number of piperazine rings is 1. The molecule has 4 nitrogen and oxygen atoms in total. The summed E-state index contributed by atoms with van der Waals surface area (Å²) in [6, 6.07) is 8.95. The lowest BCUT2D eigenvalue weighted by atomic mass is 10.1. The van der Waals surface area contributed by atoms with E-state index in [0.29, 0.717) is 6.04 Å². The normalized spacial score (nSPS) is 18.1. The zero-order chi connectivity index (χ0) is 14.4. The number of ether oxygens (including phenoxy) is 1. The highest BCUT2D eigenvalue weighted by atomic mass is 16.5. The lowest BCUT2D eigenvalue weighted by Gasteiger charge is -2.40. The van der Waals surface area contributed by atoms with Crippen LogP contribution in [0.4, 0.5) is 5.69 Å². The van der Waals surface area contributed by atoms with E-state index in [1.54, 1.807) is 7.11 Å². The van der Waals surface area contributed by atoms with Crippen LogP contribution in [-0.2, 0) is 0 Å². The van der Waals surface area contributed by atoms with E-state index in [9.17, 15) is 0 Å². The molecule has 0 aliphatic carbocycles. The molecule has 1 aliphatic heterocycles. The first-order chi connectivity index (χ1) is 9.80. The van der Waals surface area contributed by atoms with Crippen LogP contribution < -0.4 is 15.0 Å². The number of benzene rings is 1. The fourth-order valence-electron chi connectivity index (χ4n) is 2.99. The Bertz CT molecular complexity index is 402. The van der Waals surface area contributed by atoms with Gasteiger partial charge in [-0.25, -0.2) is 0 Å². The molecule has 1 N–H and O–H groups in total. The molecule has 0 saturated carbocycles. The summed E-state index contributed by atoms with van der Waals surface area (Å²) in [5.41, 5.74) is 1.22. The van der Waals surface area contributed by atoms with Gasteiger partial charge in [0, 0.05) is 38.8 Å². The summed E-state index contributed by atoms with van der Waals surface area (Å²) in [5, 5.41) is 3.30. The summed E-state index contributed by atoms with van der Waals surface area (Å²) in [5.74, 6) is 0.975. The number of nitrogens with zero attached hydrogens (tertiary/aromatic N) is 2. The Morgan fingerprint density at radius 1 is 1.20 bits per heavy atom. The minimum Gasteiger partial charge on any atom is -0.495 e. The van der Waals surface area contributed by atoms with Crippen molar-refractivity contribution in [3.8, 4) is 5.75 Å². The number of anilines is 1. The monoisotopic (exact) mass is 277 g/mol. The molecule has 1 fully saturated rings. The Hall–Kier alpha value is -1.26. The Morgan fingerprint density at radius 2 is 1.90 bits per heavy atom. The van der Waals surface area contributed by atoms with Crippen LogP contribution in [0.2, 0.25) is 0 Å². The highest BCUT2D eigenvalue weighted by Gasteiger charge is 2.23. The van der Waals surface area contributed by atoms with Gasteiger partial charge >= 0.3 is 0 Å². The van der Waals surface area contributed by atoms with Crippen molar-refractivity contribution in [2.45, 2.75) is 19.4 Å². The molecule has 0 radical (unpaired) electrons. The number of hydrogen-bond donors (Lipinski definition) is 1. The van der Waals surface area contributed by atoms with Crippen molar-refractivity contribution >= 4 is 5.69 Å². The van der Waals surface area contributed by atoms with Gasteiger partial charge in [-0.05, 0) is 25.6 Å². The molecule has 1 saturated heterocycles. The highest BCUT2D eigenvalue weighted by Crippen LogP contribution is 2.28. The quantitative estimate of drug-likeness (QED) is 0.858. The molecular weight excluding hydrogens is 250 g/mol. The van der Waals surface area contributed by atoms with Gasteiger partial charge in [0.15, 0.2) is 0 Å². The summed E-state index contributed by atoms with van der Waals surface area (Å²) in [7, 11) is 3.78. The van der Waals surface area contributed by atoms with Crippen molar-refractivity contribution in [1.82, 2.24) is 10.2 Å². The first-order valence-electron chi connectivity index (χ1n) is 7.56. The number of para-hydroxylation sites is 2. The predicted octanol–water partition coefficient (Wildman–Crippen LogP) is 1.82. The maximum atomic E-state index is 5.47. The molecule has 20 heavy (non-hydrogen) atoms. The maximum absolute atomic E-state index is 5.47. The van der Waals surface area contributed by atoms with Gasteiger partial charge < -0.3 is 15.0 Å². The van der Waals surface area contributed by atoms with Gasteiger partial charge in [0.1, 0.15) is 5.75 Å². The molecular formula is C16H27N3O. The molecule has 1 aliphatic rings. The average molecular weight is 277 g/mol. The van der Waals surface area contributed by atoms with Gasteiger partial charge in [-0.2, -0.15) is 0 Å². The molecule has 1 aromatic carbocycles. The summed E-state index contributed by atoms with van der Waals surface area (Å²) >= 11 is 0. The van der Waals surface area contributed by atoms with Crippen LogP contribution in [0.5, 0.6) is 5.75 Å². The summed E-state index contributed by atoms with van der Waals surface area (Å²) in [6.45, 7) is 7.73. The fraction of sp³-hybridized carbons (Fsp3) is 0.625. The van der Waals surface area contributed by atoms with Gasteiger partial charge in [0.2, 0.25) is 0 Å². The molecule has 1 atom stereocenters. The van der Waals surface area contributed by atoms with Crippen LogP contribution in [0, 0.1) is 0 Å². The lowest BCUT2D eigenvalue weighted by molar-refractivity contribution is 0.178. The van der Waals surface area contributed by atoms with Crippen LogP contribution >= 0.6 is 0 Å². The van der Waals surface area contributed by atoms with E-state index in [0.717, 1.165) is 38.5 Å². The van der Waals surface area contributed by atoms with Crippen molar-refractivity contribution in [1.29, 1.82) is 0 Å². The molecule has 4 heteroatoms. The second kappa shape index (κ2) is 7.50. The molecule has 0 amide bonds. The molecule has 2 rings (SSSR count). The SMILES string of the molecule is CCC(CNC)N1CCN(c2ccccc2OC)CC1. The zero-order valence-electron chi connectivity index (χ0n) is 12.9. The smallest absolute Gasteiger partial charge is 0.142 e. The van der Waals surface area contributed by atoms with E-state index >= 15 is 0 Å². The lowest BCUT2D eigenvalue weighted by Crippen LogP contribution is -2.52. The van der Waals surface area contributed by atoms with Crippen molar-refractivity contribution in [2.75, 3.05) is 51.8 Å². The molecule has 1 heterocycles. The van der Waals surface area contributed by atoms with Crippen LogP contribution in [-0.4, -0.2) is 57.8 Å². The van der Waals surface area contributed by atoms with E-state index in [1.165, 1.54) is 12.1 Å². The van der Waals surface area contributed by atoms with Crippen LogP contribution in [0.3, 0.4) is 0 Å². The maximum Gasteiger partial charge on any atom is 0.142 e. The van der Waals surface area contributed by atoms with E-state index in [4.69, 9.17) is 4.74 Å². The highest BCUT2D eigenvalue weighted by molar-refractivity contribution is 5.58. The number of hydrogen-bond acceptors (Lipinski definition) is 4. The van der Waals surface area contributed by atoms with Gasteiger partial charge in [0.05, 0.1) is 12.8 Å². The van der Waals surface area contributed by atoms with E-state index in [2.05, 4.69) is 34.2 Å². The molecule has 112 valence electrons. The number of methoxy groups -OCH3 is 1. The minimum atomic E-state index is 0.653. The Balaban J connectivity index is 1.97. The van der Waals surface area contributed by atoms with Gasteiger partial charge in [-0.1, -0.05) is 19.1 Å². The molecule has 1 aromatic rings. The molecule has 0 aromatic heterocycles. The number of likely N-dealkylation sites (N-methyl/N-ethyl adjacent to an activating group) is 1. The third kappa shape index (κ3) is 3.44. The second-order valence-corrected chi connectivity index (χ2v) is 5.31. The molecule has 0 bridgehead atoms. The van der Waals surface area contributed by atoms with Crippen LogP contribution in [0.1, 0.15) is 13.3 Å². The molecule has 1 unspecified atom stereocenters. The van der Waals surface area contributed by atoms with E-state index in [1.807, 2.05) is 19.2 Å². The van der Waals surface area contributed by atoms with Gasteiger partial charge in [-0.3, -0.25) is 4.90 Å². The summed E-state index contributed by atoms with van der Waals surface area (Å²) in [4.78, 5) is 5.03. The minimum absolute atomic E-state index is 0.653. The van der Waals surface area contributed by atoms with Crippen molar-refractivity contribution < 1.29 is 4.74 Å². The predicted molar refractivity (Wildman–Crippen MR) is 84.8 cm³/mol. The number of nitrogens with one attached hydrogen (secondary N) is 1. The van der Waals surface area contributed by atoms with Crippen molar-refractivity contribution in [3.05, 3.63) is 24.3 Å². The fourth-order valence-corrected chi connectivity index (χ4v) is 2.99. The summed E-state index contributed by atoms with van der Waals surface area (Å²) < 4.78 is 5.47. The zero-order valence-corrected chi connectivity index (χ0v) is 12.9. The van der Waals surface area contributed by atoms with Crippen molar-refractivity contribution in [2.24, 2.45) is 0 Å². The average Bonchev–Trinajstić information content (AvgIpc) is 2.53. The van der Waals surface area contributed by atoms with E-state index < -0.39 is 0 Å². The Labute approximate surface area is 122 Å². The third-order valence-electron chi connectivity index (χ3n) is 4.17. The van der Waals surface area contributed by atoms with Gasteiger partial charge in [0.25, 0.3) is 0 Å². The summed E-state index contributed by atoms with van der Waals surface area (Å²) in [6.07, 6.45) is 1.20. The first kappa shape index (κ1) is 15.1. The van der Waals surface area contributed by atoms with Gasteiger partial charge in [-0.15, -0.1) is 0 Å². The first-order valence-corrected chi connectivity index (χ1v) is 7.56.